The van der Waals surface area contributed by atoms with Crippen molar-refractivity contribution in [3.63, 3.8) is 0 Å². The van der Waals surface area contributed by atoms with Crippen LogP contribution in [-0.4, -0.2) is 12.5 Å². The standard InChI is InChI=1S/C24H28F2N2O/c1-5-7-8-9-22(29)27-24-17(3)15-21(23(26)18(24)4)28(14-6-2)16-19-10-12-20(25)13-11-19/h2,10-13,15H,5,7-9,14,16H2,1,3-4H3,(H,27,29). The molecule has 0 atom stereocenters. The van der Waals surface area contributed by atoms with E-state index in [1.807, 2.05) is 6.92 Å². The number of hydrogen-bond donors (Lipinski definition) is 1. The Kier molecular flexibility index (Phi) is 8.21. The van der Waals surface area contributed by atoms with Crippen LogP contribution in [0.5, 0.6) is 0 Å². The van der Waals surface area contributed by atoms with E-state index in [9.17, 15) is 9.18 Å². The number of rotatable bonds is 9. The first-order valence-corrected chi connectivity index (χ1v) is 9.89. The number of anilines is 2. The van der Waals surface area contributed by atoms with Crippen LogP contribution in [0.15, 0.2) is 30.3 Å². The highest BCUT2D eigenvalue weighted by Crippen LogP contribution is 2.32. The number of hydrogen-bond acceptors (Lipinski definition) is 2. The molecule has 2 rings (SSSR count). The van der Waals surface area contributed by atoms with Crippen molar-refractivity contribution in [2.75, 3.05) is 16.8 Å². The van der Waals surface area contributed by atoms with Gasteiger partial charge in [-0.1, -0.05) is 37.8 Å². The Morgan fingerprint density at radius 1 is 1.17 bits per heavy atom. The summed E-state index contributed by atoms with van der Waals surface area (Å²) in [5.41, 5.74) is 2.85. The van der Waals surface area contributed by atoms with Crippen molar-refractivity contribution in [1.82, 2.24) is 0 Å². The lowest BCUT2D eigenvalue weighted by Crippen LogP contribution is -2.25. The largest absolute Gasteiger partial charge is 0.354 e. The maximum atomic E-state index is 15.2. The van der Waals surface area contributed by atoms with Crippen LogP contribution in [0.25, 0.3) is 0 Å². The molecule has 0 aliphatic heterocycles. The molecule has 2 aromatic carbocycles. The van der Waals surface area contributed by atoms with Gasteiger partial charge >= 0.3 is 0 Å². The van der Waals surface area contributed by atoms with Gasteiger partial charge in [0.1, 0.15) is 5.82 Å². The smallest absolute Gasteiger partial charge is 0.224 e. The number of aryl methyl sites for hydroxylation is 1. The second-order valence-corrected chi connectivity index (χ2v) is 7.22. The Morgan fingerprint density at radius 2 is 1.86 bits per heavy atom. The molecule has 154 valence electrons. The number of halogens is 2. The normalized spacial score (nSPS) is 10.5. The van der Waals surface area contributed by atoms with Gasteiger partial charge in [-0.15, -0.1) is 6.42 Å². The molecule has 29 heavy (non-hydrogen) atoms. The lowest BCUT2D eigenvalue weighted by atomic mass is 10.0. The first kappa shape index (κ1) is 22.4. The monoisotopic (exact) mass is 398 g/mol. The molecule has 1 amide bonds. The van der Waals surface area contributed by atoms with Gasteiger partial charge in [-0.05, 0) is 49.6 Å². The topological polar surface area (TPSA) is 32.3 Å². The van der Waals surface area contributed by atoms with E-state index in [1.54, 1.807) is 30.0 Å². The van der Waals surface area contributed by atoms with E-state index >= 15 is 4.39 Å². The van der Waals surface area contributed by atoms with Gasteiger partial charge in [0, 0.05) is 24.2 Å². The highest BCUT2D eigenvalue weighted by molar-refractivity contribution is 5.92. The van der Waals surface area contributed by atoms with Crippen molar-refractivity contribution in [2.24, 2.45) is 0 Å². The molecule has 0 aromatic heterocycles. The molecule has 3 nitrogen and oxygen atoms in total. The van der Waals surface area contributed by atoms with Crippen molar-refractivity contribution in [3.8, 4) is 12.3 Å². The molecule has 0 fully saturated rings. The van der Waals surface area contributed by atoms with Gasteiger partial charge in [-0.25, -0.2) is 8.78 Å². The van der Waals surface area contributed by atoms with Gasteiger partial charge in [-0.2, -0.15) is 0 Å². The van der Waals surface area contributed by atoms with E-state index in [2.05, 4.69) is 18.2 Å². The predicted octanol–water partition coefficient (Wildman–Crippen LogP) is 5.74. The van der Waals surface area contributed by atoms with Crippen molar-refractivity contribution >= 4 is 17.3 Å². The van der Waals surface area contributed by atoms with Crippen molar-refractivity contribution in [2.45, 2.75) is 53.0 Å². The molecule has 0 radical (unpaired) electrons. The molecule has 0 saturated heterocycles. The summed E-state index contributed by atoms with van der Waals surface area (Å²) in [5.74, 6) is 1.70. The average molecular weight is 398 g/mol. The fourth-order valence-electron chi connectivity index (χ4n) is 3.24. The van der Waals surface area contributed by atoms with Crippen LogP contribution >= 0.6 is 0 Å². The SMILES string of the molecule is C#CCN(Cc1ccc(F)cc1)c1cc(C)c(NC(=O)CCCCC)c(C)c1F. The second-order valence-electron chi connectivity index (χ2n) is 7.22. The fourth-order valence-corrected chi connectivity index (χ4v) is 3.24. The summed E-state index contributed by atoms with van der Waals surface area (Å²) in [5, 5.41) is 2.85. The summed E-state index contributed by atoms with van der Waals surface area (Å²) in [7, 11) is 0. The quantitative estimate of drug-likeness (QED) is 0.431. The average Bonchev–Trinajstić information content (AvgIpc) is 2.69. The first-order chi connectivity index (χ1) is 13.9. The number of unbranched alkanes of at least 4 members (excludes halogenated alkanes) is 2. The Morgan fingerprint density at radius 3 is 2.48 bits per heavy atom. The Bertz CT molecular complexity index is 885. The molecule has 0 bridgehead atoms. The minimum absolute atomic E-state index is 0.108. The van der Waals surface area contributed by atoms with Crippen molar-refractivity contribution < 1.29 is 13.6 Å². The van der Waals surface area contributed by atoms with E-state index in [1.165, 1.54) is 12.1 Å². The summed E-state index contributed by atoms with van der Waals surface area (Å²) in [4.78, 5) is 13.9. The molecule has 0 heterocycles. The lowest BCUT2D eigenvalue weighted by molar-refractivity contribution is -0.116. The molecule has 0 saturated carbocycles. The Labute approximate surface area is 172 Å². The van der Waals surface area contributed by atoms with Crippen molar-refractivity contribution in [1.29, 1.82) is 0 Å². The molecule has 5 heteroatoms. The number of carbonyl (C=O) groups excluding carboxylic acids is 1. The third kappa shape index (κ3) is 6.05. The zero-order valence-electron chi connectivity index (χ0n) is 17.3. The number of benzene rings is 2. The summed E-state index contributed by atoms with van der Waals surface area (Å²) in [6, 6.07) is 7.74. The molecular weight excluding hydrogens is 370 g/mol. The Hall–Kier alpha value is -2.87. The van der Waals surface area contributed by atoms with Gasteiger partial charge in [0.25, 0.3) is 0 Å². The summed E-state index contributed by atoms with van der Waals surface area (Å²) < 4.78 is 28.4. The highest BCUT2D eigenvalue weighted by Gasteiger charge is 2.19. The number of carbonyl (C=O) groups is 1. The van der Waals surface area contributed by atoms with E-state index in [0.29, 0.717) is 29.9 Å². The Balaban J connectivity index is 2.28. The minimum Gasteiger partial charge on any atom is -0.354 e. The van der Waals surface area contributed by atoms with Crippen LogP contribution < -0.4 is 10.2 Å². The summed E-state index contributed by atoms with van der Waals surface area (Å²) in [6.45, 7) is 6.12. The van der Waals surface area contributed by atoms with Gasteiger partial charge in [-0.3, -0.25) is 4.79 Å². The maximum Gasteiger partial charge on any atom is 0.224 e. The summed E-state index contributed by atoms with van der Waals surface area (Å²) >= 11 is 0. The first-order valence-electron chi connectivity index (χ1n) is 9.89. The van der Waals surface area contributed by atoms with Crippen LogP contribution in [0.1, 0.15) is 49.3 Å². The molecule has 1 N–H and O–H groups in total. The fraction of sp³-hybridized carbons (Fsp3) is 0.375. The maximum absolute atomic E-state index is 15.2. The molecular formula is C24H28F2N2O. The third-order valence-electron chi connectivity index (χ3n) is 4.86. The van der Waals surface area contributed by atoms with Gasteiger partial charge in [0.05, 0.1) is 12.2 Å². The molecule has 0 aliphatic carbocycles. The lowest BCUT2D eigenvalue weighted by Gasteiger charge is -2.26. The third-order valence-corrected chi connectivity index (χ3v) is 4.86. The van der Waals surface area contributed by atoms with Crippen LogP contribution in [0.3, 0.4) is 0 Å². The second kappa shape index (κ2) is 10.6. The van der Waals surface area contributed by atoms with Crippen LogP contribution in [0.4, 0.5) is 20.2 Å². The van der Waals surface area contributed by atoms with Crippen LogP contribution in [0.2, 0.25) is 0 Å². The number of amides is 1. The number of nitrogens with one attached hydrogen (secondary N) is 1. The number of nitrogens with zero attached hydrogens (tertiary/aromatic N) is 1. The van der Waals surface area contributed by atoms with E-state index in [0.717, 1.165) is 30.4 Å². The molecule has 0 aliphatic rings. The molecule has 0 spiro atoms. The van der Waals surface area contributed by atoms with Crippen LogP contribution in [0, 0.1) is 37.8 Å². The minimum atomic E-state index is -0.420. The zero-order valence-corrected chi connectivity index (χ0v) is 17.3. The van der Waals surface area contributed by atoms with E-state index < -0.39 is 5.82 Å². The molecule has 0 unspecified atom stereocenters. The highest BCUT2D eigenvalue weighted by atomic mass is 19.1. The van der Waals surface area contributed by atoms with Gasteiger partial charge < -0.3 is 10.2 Å². The summed E-state index contributed by atoms with van der Waals surface area (Å²) in [6.07, 6.45) is 8.75. The number of terminal acetylenes is 1. The van der Waals surface area contributed by atoms with Crippen LogP contribution in [-0.2, 0) is 11.3 Å². The van der Waals surface area contributed by atoms with E-state index in [4.69, 9.17) is 6.42 Å². The van der Waals surface area contributed by atoms with Gasteiger partial charge in [0.2, 0.25) is 5.91 Å². The van der Waals surface area contributed by atoms with Crippen molar-refractivity contribution in [3.05, 3.63) is 58.7 Å². The molecule has 2 aromatic rings. The van der Waals surface area contributed by atoms with Gasteiger partial charge in [0.15, 0.2) is 5.82 Å². The predicted molar refractivity (Wildman–Crippen MR) is 115 cm³/mol. The zero-order chi connectivity index (χ0) is 21.4. The van der Waals surface area contributed by atoms with E-state index in [-0.39, 0.29) is 18.3 Å².